The molecule has 0 amide bonds. The highest BCUT2D eigenvalue weighted by atomic mass is 15.3. The molecule has 1 atom stereocenters. The Morgan fingerprint density at radius 1 is 1.15 bits per heavy atom. The van der Waals surface area contributed by atoms with Crippen molar-refractivity contribution in [2.45, 2.75) is 32.4 Å². The van der Waals surface area contributed by atoms with E-state index in [2.05, 4.69) is 37.6 Å². The van der Waals surface area contributed by atoms with Gasteiger partial charge in [0.2, 0.25) is 0 Å². The Balaban J connectivity index is 2.45. The maximum absolute atomic E-state index is 6.09. The lowest BCUT2D eigenvalue weighted by Gasteiger charge is -2.41. The molecule has 1 fully saturated rings. The summed E-state index contributed by atoms with van der Waals surface area (Å²) in [5.41, 5.74) is 6.00. The molecule has 0 spiro atoms. The average Bonchev–Trinajstić information content (AvgIpc) is 2.03. The highest BCUT2D eigenvalue weighted by Crippen LogP contribution is 2.14. The molecular formula is C10H23N3. The Morgan fingerprint density at radius 3 is 2.00 bits per heavy atom. The smallest absolute Gasteiger partial charge is 0.0252 e. The van der Waals surface area contributed by atoms with Crippen molar-refractivity contribution >= 4 is 0 Å². The van der Waals surface area contributed by atoms with Gasteiger partial charge < -0.3 is 10.6 Å². The zero-order chi connectivity index (χ0) is 10.1. The van der Waals surface area contributed by atoms with Crippen LogP contribution >= 0.6 is 0 Å². The van der Waals surface area contributed by atoms with Gasteiger partial charge in [-0.2, -0.15) is 0 Å². The van der Waals surface area contributed by atoms with Gasteiger partial charge in [0.05, 0.1) is 0 Å². The number of nitrogens with zero attached hydrogens (tertiary/aromatic N) is 2. The van der Waals surface area contributed by atoms with Gasteiger partial charge in [-0.1, -0.05) is 0 Å². The third kappa shape index (κ3) is 2.93. The molecule has 1 heterocycles. The number of piperazine rings is 1. The predicted molar refractivity (Wildman–Crippen MR) is 56.8 cm³/mol. The average molecular weight is 185 g/mol. The van der Waals surface area contributed by atoms with Crippen LogP contribution in [0.1, 0.15) is 20.8 Å². The Labute approximate surface area is 81.9 Å². The summed E-state index contributed by atoms with van der Waals surface area (Å²) in [7, 11) is 2.18. The molecule has 0 aromatic rings. The molecular weight excluding hydrogens is 162 g/mol. The van der Waals surface area contributed by atoms with Crippen LogP contribution in [-0.4, -0.2) is 54.6 Å². The molecule has 1 aliphatic rings. The SMILES string of the molecule is CC(N1CCN(C)CC1)C(C)(C)N. The van der Waals surface area contributed by atoms with Crippen molar-refractivity contribution in [3.63, 3.8) is 0 Å². The third-order valence-corrected chi connectivity index (χ3v) is 3.16. The lowest BCUT2D eigenvalue weighted by Crippen LogP contribution is -2.57. The first kappa shape index (κ1) is 11.0. The largest absolute Gasteiger partial charge is 0.324 e. The van der Waals surface area contributed by atoms with E-state index in [9.17, 15) is 0 Å². The van der Waals surface area contributed by atoms with Crippen molar-refractivity contribution in [2.75, 3.05) is 33.2 Å². The van der Waals surface area contributed by atoms with Gasteiger partial charge in [0, 0.05) is 37.8 Å². The second-order valence-corrected chi connectivity index (χ2v) is 4.84. The van der Waals surface area contributed by atoms with Gasteiger partial charge >= 0.3 is 0 Å². The Kier molecular flexibility index (Phi) is 3.33. The summed E-state index contributed by atoms with van der Waals surface area (Å²) in [4.78, 5) is 4.85. The Bertz CT molecular complexity index is 154. The number of hydrogen-bond donors (Lipinski definition) is 1. The number of nitrogens with two attached hydrogens (primary N) is 1. The molecule has 1 unspecified atom stereocenters. The van der Waals surface area contributed by atoms with Crippen molar-refractivity contribution in [1.29, 1.82) is 0 Å². The minimum absolute atomic E-state index is 0.0874. The molecule has 0 saturated carbocycles. The van der Waals surface area contributed by atoms with Gasteiger partial charge in [-0.3, -0.25) is 4.90 Å². The molecule has 0 aliphatic carbocycles. The van der Waals surface area contributed by atoms with Crippen LogP contribution < -0.4 is 5.73 Å². The molecule has 2 N–H and O–H groups in total. The molecule has 0 radical (unpaired) electrons. The fraction of sp³-hybridized carbons (Fsp3) is 1.00. The first-order chi connectivity index (χ1) is 5.91. The molecule has 0 bridgehead atoms. The number of rotatable bonds is 2. The van der Waals surface area contributed by atoms with Crippen LogP contribution in [0.2, 0.25) is 0 Å². The van der Waals surface area contributed by atoms with Crippen molar-refractivity contribution in [2.24, 2.45) is 5.73 Å². The fourth-order valence-corrected chi connectivity index (χ4v) is 1.68. The fourth-order valence-electron chi connectivity index (χ4n) is 1.68. The zero-order valence-electron chi connectivity index (χ0n) is 9.38. The normalized spacial score (nSPS) is 24.7. The summed E-state index contributed by atoms with van der Waals surface area (Å²) >= 11 is 0. The number of hydrogen-bond acceptors (Lipinski definition) is 3. The molecule has 3 nitrogen and oxygen atoms in total. The van der Waals surface area contributed by atoms with Crippen molar-refractivity contribution in [3.05, 3.63) is 0 Å². The Morgan fingerprint density at radius 2 is 1.62 bits per heavy atom. The highest BCUT2D eigenvalue weighted by molar-refractivity contribution is 4.88. The summed E-state index contributed by atoms with van der Waals surface area (Å²) in [6, 6.07) is 0.473. The lowest BCUT2D eigenvalue weighted by molar-refractivity contribution is 0.0872. The van der Waals surface area contributed by atoms with Crippen LogP contribution in [0.25, 0.3) is 0 Å². The van der Waals surface area contributed by atoms with E-state index in [-0.39, 0.29) is 5.54 Å². The van der Waals surface area contributed by atoms with Gasteiger partial charge in [-0.25, -0.2) is 0 Å². The molecule has 0 aromatic carbocycles. The van der Waals surface area contributed by atoms with E-state index in [1.54, 1.807) is 0 Å². The van der Waals surface area contributed by atoms with Gasteiger partial charge in [0.15, 0.2) is 0 Å². The maximum Gasteiger partial charge on any atom is 0.0252 e. The standard InChI is InChI=1S/C10H23N3/c1-9(10(2,3)11)13-7-5-12(4)6-8-13/h9H,5-8,11H2,1-4H3. The Hall–Kier alpha value is -0.120. The van der Waals surface area contributed by atoms with E-state index < -0.39 is 0 Å². The minimum atomic E-state index is -0.0874. The first-order valence-electron chi connectivity index (χ1n) is 5.13. The predicted octanol–water partition coefficient (Wildman–Crippen LogP) is 0.360. The van der Waals surface area contributed by atoms with Crippen LogP contribution in [-0.2, 0) is 0 Å². The molecule has 78 valence electrons. The van der Waals surface area contributed by atoms with Gasteiger partial charge in [-0.15, -0.1) is 0 Å². The van der Waals surface area contributed by atoms with Gasteiger partial charge in [-0.05, 0) is 27.8 Å². The summed E-state index contributed by atoms with van der Waals surface area (Å²) in [5, 5.41) is 0. The van der Waals surface area contributed by atoms with Gasteiger partial charge in [0.1, 0.15) is 0 Å². The second kappa shape index (κ2) is 3.95. The van der Waals surface area contributed by atoms with E-state index in [4.69, 9.17) is 5.73 Å². The van der Waals surface area contributed by atoms with Crippen molar-refractivity contribution < 1.29 is 0 Å². The van der Waals surface area contributed by atoms with Crippen LogP contribution in [0.3, 0.4) is 0 Å². The minimum Gasteiger partial charge on any atom is -0.324 e. The van der Waals surface area contributed by atoms with E-state index in [0.717, 1.165) is 13.1 Å². The molecule has 1 rings (SSSR count). The quantitative estimate of drug-likeness (QED) is 0.674. The highest BCUT2D eigenvalue weighted by Gasteiger charge is 2.28. The van der Waals surface area contributed by atoms with E-state index in [1.165, 1.54) is 13.1 Å². The first-order valence-corrected chi connectivity index (χ1v) is 5.13. The molecule has 1 aliphatic heterocycles. The topological polar surface area (TPSA) is 32.5 Å². The van der Waals surface area contributed by atoms with E-state index in [0.29, 0.717) is 6.04 Å². The molecule has 1 saturated heterocycles. The molecule has 13 heavy (non-hydrogen) atoms. The third-order valence-electron chi connectivity index (χ3n) is 3.16. The maximum atomic E-state index is 6.09. The van der Waals surface area contributed by atoms with Crippen LogP contribution in [0, 0.1) is 0 Å². The molecule has 0 aromatic heterocycles. The summed E-state index contributed by atoms with van der Waals surface area (Å²) in [6.07, 6.45) is 0. The second-order valence-electron chi connectivity index (χ2n) is 4.84. The van der Waals surface area contributed by atoms with Crippen LogP contribution in [0.5, 0.6) is 0 Å². The van der Waals surface area contributed by atoms with E-state index in [1.807, 2.05) is 0 Å². The molecule has 3 heteroatoms. The summed E-state index contributed by atoms with van der Waals surface area (Å²) < 4.78 is 0. The van der Waals surface area contributed by atoms with Crippen molar-refractivity contribution in [1.82, 2.24) is 9.80 Å². The zero-order valence-corrected chi connectivity index (χ0v) is 9.38. The summed E-state index contributed by atoms with van der Waals surface area (Å²) in [5.74, 6) is 0. The van der Waals surface area contributed by atoms with Crippen LogP contribution in [0.4, 0.5) is 0 Å². The lowest BCUT2D eigenvalue weighted by atomic mass is 9.95. The number of likely N-dealkylation sites (N-methyl/N-ethyl adjacent to an activating group) is 1. The summed E-state index contributed by atoms with van der Waals surface area (Å²) in [6.45, 7) is 11.1. The monoisotopic (exact) mass is 185 g/mol. The van der Waals surface area contributed by atoms with Crippen LogP contribution in [0.15, 0.2) is 0 Å². The van der Waals surface area contributed by atoms with E-state index >= 15 is 0 Å². The van der Waals surface area contributed by atoms with Crippen molar-refractivity contribution in [3.8, 4) is 0 Å². The van der Waals surface area contributed by atoms with Gasteiger partial charge in [0.25, 0.3) is 0 Å².